The molecule has 4 rings (SSSR count). The molecule has 0 amide bonds. The molecule has 0 bridgehead atoms. The molecule has 0 spiro atoms. The number of carbonyl (C=O) groups excluding carboxylic acids is 1. The van der Waals surface area contributed by atoms with Gasteiger partial charge < -0.3 is 4.98 Å². The number of aryl methyl sites for hydroxylation is 1. The van der Waals surface area contributed by atoms with Gasteiger partial charge in [-0.25, -0.2) is 0 Å². The second-order valence-electron chi connectivity index (χ2n) is 5.24. The number of H-pyrrole nitrogens is 1. The lowest BCUT2D eigenvalue weighted by molar-refractivity contribution is 0.103. The molecule has 3 heteroatoms. The molecule has 0 saturated carbocycles. The van der Waals surface area contributed by atoms with Crippen molar-refractivity contribution in [3.05, 3.63) is 70.7 Å². The molecule has 0 fully saturated rings. The standard InChI is InChI=1S/C18H13NOS/c1-11-10-21-18-15(11)9-16(19-18)17(20)14-7-6-12-4-2-3-5-13(12)8-14/h2-10,19H,1H3. The fourth-order valence-electron chi connectivity index (χ4n) is 2.64. The first-order chi connectivity index (χ1) is 10.2. The Bertz CT molecular complexity index is 977. The third-order valence-corrected chi connectivity index (χ3v) is 4.85. The molecular formula is C18H13NOS. The van der Waals surface area contributed by atoms with Crippen molar-refractivity contribution in [3.8, 4) is 0 Å². The third kappa shape index (κ3) is 1.98. The van der Waals surface area contributed by atoms with E-state index in [1.54, 1.807) is 11.3 Å². The summed E-state index contributed by atoms with van der Waals surface area (Å²) in [7, 11) is 0. The van der Waals surface area contributed by atoms with Gasteiger partial charge in [-0.2, -0.15) is 0 Å². The number of nitrogens with one attached hydrogen (secondary N) is 1. The Kier molecular flexibility index (Phi) is 2.69. The number of thiophene rings is 1. The van der Waals surface area contributed by atoms with E-state index in [1.165, 1.54) is 5.56 Å². The van der Waals surface area contributed by atoms with E-state index in [2.05, 4.69) is 23.4 Å². The van der Waals surface area contributed by atoms with Gasteiger partial charge in [0.25, 0.3) is 0 Å². The average Bonchev–Trinajstić information content (AvgIpc) is 3.08. The topological polar surface area (TPSA) is 32.9 Å². The molecule has 2 nitrogen and oxygen atoms in total. The minimum absolute atomic E-state index is 0.0450. The fourth-order valence-corrected chi connectivity index (χ4v) is 3.58. The number of fused-ring (bicyclic) bond motifs is 2. The molecule has 4 aromatic rings. The highest BCUT2D eigenvalue weighted by molar-refractivity contribution is 7.17. The second-order valence-corrected chi connectivity index (χ2v) is 6.12. The van der Waals surface area contributed by atoms with Crippen LogP contribution in [0, 0.1) is 6.92 Å². The Morgan fingerprint density at radius 2 is 1.86 bits per heavy atom. The molecule has 1 N–H and O–H groups in total. The lowest BCUT2D eigenvalue weighted by Crippen LogP contribution is -2.01. The quantitative estimate of drug-likeness (QED) is 0.522. The molecule has 0 atom stereocenters. The van der Waals surface area contributed by atoms with Gasteiger partial charge in [-0.3, -0.25) is 4.79 Å². The summed E-state index contributed by atoms with van der Waals surface area (Å²) >= 11 is 1.64. The first-order valence-electron chi connectivity index (χ1n) is 6.83. The van der Waals surface area contributed by atoms with Crippen LogP contribution in [0.3, 0.4) is 0 Å². The predicted octanol–water partition coefficient (Wildman–Crippen LogP) is 4.92. The van der Waals surface area contributed by atoms with Gasteiger partial charge in [-0.05, 0) is 40.8 Å². The highest BCUT2D eigenvalue weighted by Crippen LogP contribution is 2.27. The van der Waals surface area contributed by atoms with Crippen molar-refractivity contribution in [2.75, 3.05) is 0 Å². The van der Waals surface area contributed by atoms with Crippen molar-refractivity contribution >= 4 is 38.1 Å². The Labute approximate surface area is 126 Å². The van der Waals surface area contributed by atoms with Crippen LogP contribution in [0.5, 0.6) is 0 Å². The summed E-state index contributed by atoms with van der Waals surface area (Å²) in [5, 5.41) is 5.49. The molecular weight excluding hydrogens is 278 g/mol. The number of aromatic nitrogens is 1. The van der Waals surface area contributed by atoms with Crippen LogP contribution in [-0.4, -0.2) is 10.8 Å². The molecule has 0 saturated heterocycles. The second kappa shape index (κ2) is 4.57. The maximum Gasteiger partial charge on any atom is 0.209 e. The summed E-state index contributed by atoms with van der Waals surface area (Å²) < 4.78 is 0. The Hall–Kier alpha value is -2.39. The van der Waals surface area contributed by atoms with E-state index in [4.69, 9.17) is 0 Å². The van der Waals surface area contributed by atoms with E-state index in [1.807, 2.05) is 42.5 Å². The van der Waals surface area contributed by atoms with Gasteiger partial charge in [-0.15, -0.1) is 11.3 Å². The maximum atomic E-state index is 12.6. The van der Waals surface area contributed by atoms with E-state index in [-0.39, 0.29) is 5.78 Å². The van der Waals surface area contributed by atoms with Crippen LogP contribution >= 0.6 is 11.3 Å². The van der Waals surface area contributed by atoms with Gasteiger partial charge in [0.2, 0.25) is 5.78 Å². The van der Waals surface area contributed by atoms with Crippen LogP contribution in [0.4, 0.5) is 0 Å². The van der Waals surface area contributed by atoms with Crippen molar-refractivity contribution in [1.29, 1.82) is 0 Å². The summed E-state index contributed by atoms with van der Waals surface area (Å²) in [6, 6.07) is 15.9. The minimum atomic E-state index is 0.0450. The zero-order chi connectivity index (χ0) is 14.4. The van der Waals surface area contributed by atoms with Gasteiger partial charge >= 0.3 is 0 Å². The molecule has 0 radical (unpaired) electrons. The number of aromatic amines is 1. The molecule has 0 aliphatic rings. The number of benzene rings is 2. The number of carbonyl (C=O) groups is 1. The molecule has 102 valence electrons. The summed E-state index contributed by atoms with van der Waals surface area (Å²) in [5.74, 6) is 0.0450. The van der Waals surface area contributed by atoms with E-state index in [0.717, 1.165) is 26.6 Å². The molecule has 21 heavy (non-hydrogen) atoms. The Morgan fingerprint density at radius 3 is 2.67 bits per heavy atom. The average molecular weight is 291 g/mol. The van der Waals surface area contributed by atoms with Gasteiger partial charge in [0.05, 0.1) is 5.69 Å². The largest absolute Gasteiger partial charge is 0.344 e. The molecule has 2 aromatic heterocycles. The van der Waals surface area contributed by atoms with Crippen molar-refractivity contribution in [2.45, 2.75) is 6.92 Å². The van der Waals surface area contributed by atoms with Crippen molar-refractivity contribution in [3.63, 3.8) is 0 Å². The number of ketones is 1. The lowest BCUT2D eigenvalue weighted by atomic mass is 10.0. The SMILES string of the molecule is Cc1csc2[nH]c(C(=O)c3ccc4ccccc4c3)cc12. The normalized spacial score (nSPS) is 11.3. The summed E-state index contributed by atoms with van der Waals surface area (Å²) in [6.45, 7) is 2.07. The molecule has 0 aliphatic heterocycles. The molecule has 2 aromatic carbocycles. The van der Waals surface area contributed by atoms with Gasteiger partial charge in [-0.1, -0.05) is 36.4 Å². The van der Waals surface area contributed by atoms with E-state index < -0.39 is 0 Å². The summed E-state index contributed by atoms with van der Waals surface area (Å²) in [4.78, 5) is 16.9. The summed E-state index contributed by atoms with van der Waals surface area (Å²) in [6.07, 6.45) is 0. The minimum Gasteiger partial charge on any atom is -0.344 e. The first-order valence-corrected chi connectivity index (χ1v) is 7.71. The summed E-state index contributed by atoms with van der Waals surface area (Å²) in [5.41, 5.74) is 2.60. The first kappa shape index (κ1) is 12.4. The number of hydrogen-bond donors (Lipinski definition) is 1. The van der Waals surface area contributed by atoms with Crippen LogP contribution < -0.4 is 0 Å². The van der Waals surface area contributed by atoms with Crippen LogP contribution in [-0.2, 0) is 0 Å². The van der Waals surface area contributed by atoms with Gasteiger partial charge in [0.1, 0.15) is 4.83 Å². The monoisotopic (exact) mass is 291 g/mol. The van der Waals surface area contributed by atoms with Crippen LogP contribution in [0.15, 0.2) is 53.9 Å². The number of rotatable bonds is 2. The third-order valence-electron chi connectivity index (χ3n) is 3.82. The van der Waals surface area contributed by atoms with Crippen LogP contribution in [0.1, 0.15) is 21.6 Å². The predicted molar refractivity (Wildman–Crippen MR) is 88.3 cm³/mol. The van der Waals surface area contributed by atoms with E-state index in [9.17, 15) is 4.79 Å². The highest BCUT2D eigenvalue weighted by atomic mass is 32.1. The maximum absolute atomic E-state index is 12.6. The Morgan fingerprint density at radius 1 is 1.05 bits per heavy atom. The molecule has 2 heterocycles. The smallest absolute Gasteiger partial charge is 0.209 e. The van der Waals surface area contributed by atoms with Crippen LogP contribution in [0.2, 0.25) is 0 Å². The Balaban J connectivity index is 1.81. The fraction of sp³-hybridized carbons (Fsp3) is 0.0556. The van der Waals surface area contributed by atoms with Crippen molar-refractivity contribution < 1.29 is 4.79 Å². The zero-order valence-corrected chi connectivity index (χ0v) is 12.3. The van der Waals surface area contributed by atoms with E-state index in [0.29, 0.717) is 5.69 Å². The van der Waals surface area contributed by atoms with Gasteiger partial charge in [0, 0.05) is 10.9 Å². The lowest BCUT2D eigenvalue weighted by Gasteiger charge is -2.02. The van der Waals surface area contributed by atoms with Crippen molar-refractivity contribution in [2.24, 2.45) is 0 Å². The zero-order valence-electron chi connectivity index (χ0n) is 11.5. The molecule has 0 unspecified atom stereocenters. The number of hydrogen-bond acceptors (Lipinski definition) is 2. The van der Waals surface area contributed by atoms with Crippen LogP contribution in [0.25, 0.3) is 21.0 Å². The van der Waals surface area contributed by atoms with E-state index >= 15 is 0 Å². The van der Waals surface area contributed by atoms with Crippen molar-refractivity contribution in [1.82, 2.24) is 4.98 Å². The molecule has 0 aliphatic carbocycles. The highest BCUT2D eigenvalue weighted by Gasteiger charge is 2.14. The van der Waals surface area contributed by atoms with Gasteiger partial charge in [0.15, 0.2) is 0 Å².